The molecular formula is C12H12ClNO2S. The molecule has 0 spiro atoms. The maximum atomic E-state index is 12.4. The molecule has 0 radical (unpaired) electrons. The molecule has 0 N–H and O–H groups in total. The minimum atomic E-state index is -3.60. The second-order valence-electron chi connectivity index (χ2n) is 4.40. The summed E-state index contributed by atoms with van der Waals surface area (Å²) in [4.78, 5) is 0.176. The van der Waals surface area contributed by atoms with Crippen molar-refractivity contribution in [2.45, 2.75) is 29.4 Å². The van der Waals surface area contributed by atoms with Gasteiger partial charge in [-0.2, -0.15) is 5.26 Å². The van der Waals surface area contributed by atoms with Gasteiger partial charge >= 0.3 is 0 Å². The summed E-state index contributed by atoms with van der Waals surface area (Å²) in [6.45, 7) is 1.81. The van der Waals surface area contributed by atoms with Crippen molar-refractivity contribution >= 4 is 21.4 Å². The number of nitrogens with zero attached hydrogens (tertiary/aromatic N) is 1. The zero-order valence-corrected chi connectivity index (χ0v) is 10.9. The third-order valence-electron chi connectivity index (χ3n) is 3.54. The first-order valence-corrected chi connectivity index (χ1v) is 7.21. The predicted molar refractivity (Wildman–Crippen MR) is 65.4 cm³/mol. The highest BCUT2D eigenvalue weighted by Gasteiger charge is 2.55. The lowest BCUT2D eigenvalue weighted by molar-refractivity contribution is 0.279. The molecule has 5 heteroatoms. The van der Waals surface area contributed by atoms with Crippen LogP contribution in [-0.2, 0) is 9.84 Å². The molecule has 0 aliphatic heterocycles. The minimum Gasteiger partial charge on any atom is -0.222 e. The van der Waals surface area contributed by atoms with Crippen molar-refractivity contribution in [1.29, 1.82) is 5.26 Å². The number of sulfone groups is 1. The van der Waals surface area contributed by atoms with Gasteiger partial charge in [-0.05, 0) is 43.0 Å². The zero-order valence-electron chi connectivity index (χ0n) is 9.35. The Hall–Kier alpha value is -1.05. The Morgan fingerprint density at radius 1 is 1.41 bits per heavy atom. The molecule has 90 valence electrons. The molecular weight excluding hydrogens is 258 g/mol. The van der Waals surface area contributed by atoms with E-state index in [1.165, 1.54) is 24.3 Å². The fraction of sp³-hybridized carbons (Fsp3) is 0.417. The highest BCUT2D eigenvalue weighted by atomic mass is 35.5. The quantitative estimate of drug-likeness (QED) is 0.829. The molecule has 0 aromatic heterocycles. The Kier molecular flexibility index (Phi) is 2.92. The van der Waals surface area contributed by atoms with E-state index in [1.807, 2.05) is 6.07 Å². The molecule has 2 atom stereocenters. The van der Waals surface area contributed by atoms with Crippen LogP contribution in [0.4, 0.5) is 0 Å². The Balaban J connectivity index is 2.51. The summed E-state index contributed by atoms with van der Waals surface area (Å²) >= 11 is 5.73. The largest absolute Gasteiger partial charge is 0.222 e. The van der Waals surface area contributed by atoms with Crippen LogP contribution in [0, 0.1) is 17.2 Å². The Labute approximate surface area is 106 Å². The van der Waals surface area contributed by atoms with Gasteiger partial charge in [0.1, 0.15) is 0 Å². The Morgan fingerprint density at radius 3 is 2.35 bits per heavy atom. The van der Waals surface area contributed by atoms with E-state index in [1.54, 1.807) is 6.92 Å². The van der Waals surface area contributed by atoms with Crippen molar-refractivity contribution in [1.82, 2.24) is 0 Å². The first-order chi connectivity index (χ1) is 7.94. The number of hydrogen-bond acceptors (Lipinski definition) is 3. The number of halogens is 1. The molecule has 0 bridgehead atoms. The Morgan fingerprint density at radius 2 is 2.00 bits per heavy atom. The van der Waals surface area contributed by atoms with Crippen molar-refractivity contribution < 1.29 is 8.42 Å². The third-order valence-corrected chi connectivity index (χ3v) is 6.34. The summed E-state index contributed by atoms with van der Waals surface area (Å²) < 4.78 is 23.6. The van der Waals surface area contributed by atoms with Gasteiger partial charge in [0.15, 0.2) is 14.6 Å². The molecule has 2 unspecified atom stereocenters. The van der Waals surface area contributed by atoms with E-state index in [4.69, 9.17) is 11.6 Å². The average Bonchev–Trinajstić information content (AvgIpc) is 2.28. The molecule has 0 amide bonds. The molecule has 3 nitrogen and oxygen atoms in total. The van der Waals surface area contributed by atoms with Gasteiger partial charge < -0.3 is 0 Å². The Bertz CT molecular complexity index is 574. The third kappa shape index (κ3) is 1.65. The minimum absolute atomic E-state index is 0.117. The van der Waals surface area contributed by atoms with E-state index in [2.05, 4.69) is 0 Å². The van der Waals surface area contributed by atoms with Gasteiger partial charge in [0.25, 0.3) is 0 Å². The number of nitriles is 1. The van der Waals surface area contributed by atoms with Crippen molar-refractivity contribution in [2.24, 2.45) is 5.92 Å². The van der Waals surface area contributed by atoms with Crippen LogP contribution in [0.15, 0.2) is 29.2 Å². The molecule has 17 heavy (non-hydrogen) atoms. The van der Waals surface area contributed by atoms with Crippen molar-refractivity contribution in [3.63, 3.8) is 0 Å². The lowest BCUT2D eigenvalue weighted by Crippen LogP contribution is -2.50. The molecule has 1 aliphatic rings. The van der Waals surface area contributed by atoms with Gasteiger partial charge in [-0.25, -0.2) is 8.42 Å². The summed E-state index contributed by atoms with van der Waals surface area (Å²) in [7, 11) is -3.60. The van der Waals surface area contributed by atoms with Crippen LogP contribution < -0.4 is 0 Å². The highest BCUT2D eigenvalue weighted by Crippen LogP contribution is 2.46. The van der Waals surface area contributed by atoms with Gasteiger partial charge in [-0.3, -0.25) is 0 Å². The average molecular weight is 270 g/mol. The fourth-order valence-electron chi connectivity index (χ4n) is 2.14. The number of hydrogen-bond donors (Lipinski definition) is 0. The maximum absolute atomic E-state index is 12.4. The monoisotopic (exact) mass is 269 g/mol. The van der Waals surface area contributed by atoms with Gasteiger partial charge in [-0.15, -0.1) is 0 Å². The van der Waals surface area contributed by atoms with Gasteiger partial charge in [0.05, 0.1) is 11.0 Å². The lowest BCUT2D eigenvalue weighted by Gasteiger charge is -2.41. The van der Waals surface area contributed by atoms with Crippen LogP contribution in [0.1, 0.15) is 19.8 Å². The molecule has 1 aliphatic carbocycles. The van der Waals surface area contributed by atoms with Gasteiger partial charge in [0, 0.05) is 5.02 Å². The zero-order chi connectivity index (χ0) is 12.7. The van der Waals surface area contributed by atoms with Gasteiger partial charge in [-0.1, -0.05) is 18.5 Å². The number of rotatable bonds is 2. The first kappa shape index (κ1) is 12.4. The topological polar surface area (TPSA) is 57.9 Å². The van der Waals surface area contributed by atoms with Crippen LogP contribution in [-0.4, -0.2) is 13.2 Å². The summed E-state index contributed by atoms with van der Waals surface area (Å²) in [6.07, 6.45) is 1.19. The second-order valence-corrected chi connectivity index (χ2v) is 7.04. The standard InChI is InChI=1S/C12H12ClNO2S/c1-9-6-7-12(9,8-14)17(15,16)11-4-2-10(13)3-5-11/h2-5,9H,6-7H2,1H3. The maximum Gasteiger partial charge on any atom is 0.197 e. The van der Waals surface area contributed by atoms with E-state index in [-0.39, 0.29) is 10.8 Å². The van der Waals surface area contributed by atoms with Crippen molar-refractivity contribution in [2.75, 3.05) is 0 Å². The fourth-order valence-corrected chi connectivity index (χ4v) is 4.34. The van der Waals surface area contributed by atoms with E-state index < -0.39 is 14.6 Å². The molecule has 0 saturated heterocycles. The molecule has 1 saturated carbocycles. The second kappa shape index (κ2) is 4.01. The summed E-state index contributed by atoms with van der Waals surface area (Å²) in [5.41, 5.74) is 0. The van der Waals surface area contributed by atoms with Crippen LogP contribution in [0.3, 0.4) is 0 Å². The normalized spacial score (nSPS) is 28.2. The molecule has 1 fully saturated rings. The summed E-state index contributed by atoms with van der Waals surface area (Å²) in [6, 6.07) is 7.98. The van der Waals surface area contributed by atoms with Crippen LogP contribution >= 0.6 is 11.6 Å². The highest BCUT2D eigenvalue weighted by molar-refractivity contribution is 7.93. The molecule has 1 aromatic rings. The SMILES string of the molecule is CC1CCC1(C#N)S(=O)(=O)c1ccc(Cl)cc1. The molecule has 0 heterocycles. The summed E-state index contributed by atoms with van der Waals surface area (Å²) in [5.74, 6) is -0.117. The van der Waals surface area contributed by atoms with Crippen LogP contribution in [0.5, 0.6) is 0 Å². The van der Waals surface area contributed by atoms with Gasteiger partial charge in [0.2, 0.25) is 0 Å². The van der Waals surface area contributed by atoms with E-state index in [0.29, 0.717) is 11.4 Å². The lowest BCUT2D eigenvalue weighted by atomic mass is 9.75. The van der Waals surface area contributed by atoms with Crippen molar-refractivity contribution in [3.05, 3.63) is 29.3 Å². The van der Waals surface area contributed by atoms with Crippen LogP contribution in [0.2, 0.25) is 5.02 Å². The number of benzene rings is 1. The van der Waals surface area contributed by atoms with E-state index in [9.17, 15) is 13.7 Å². The summed E-state index contributed by atoms with van der Waals surface area (Å²) in [5, 5.41) is 9.69. The molecule has 2 rings (SSSR count). The van der Waals surface area contributed by atoms with E-state index in [0.717, 1.165) is 6.42 Å². The predicted octanol–water partition coefficient (Wildman–Crippen LogP) is 2.81. The van der Waals surface area contributed by atoms with Crippen molar-refractivity contribution in [3.8, 4) is 6.07 Å². The smallest absolute Gasteiger partial charge is 0.197 e. The molecule has 1 aromatic carbocycles. The van der Waals surface area contributed by atoms with E-state index >= 15 is 0 Å². The first-order valence-electron chi connectivity index (χ1n) is 5.35. The van der Waals surface area contributed by atoms with Crippen LogP contribution in [0.25, 0.3) is 0 Å².